The third kappa shape index (κ3) is 4.14. The SMILES string of the molecule is COc1ccc(C2(CNC(=O)c3ccc(Cl)c(Cl)c3)CCOCC2)cc1. The zero-order chi connectivity index (χ0) is 18.6. The van der Waals surface area contributed by atoms with E-state index in [-0.39, 0.29) is 11.3 Å². The molecule has 4 nitrogen and oxygen atoms in total. The summed E-state index contributed by atoms with van der Waals surface area (Å²) < 4.78 is 10.8. The number of hydrogen-bond acceptors (Lipinski definition) is 3. The summed E-state index contributed by atoms with van der Waals surface area (Å²) in [5, 5.41) is 3.86. The summed E-state index contributed by atoms with van der Waals surface area (Å²) in [5.74, 6) is 0.652. The minimum atomic E-state index is -0.164. The number of ether oxygens (including phenoxy) is 2. The van der Waals surface area contributed by atoms with Crippen LogP contribution in [-0.2, 0) is 10.2 Å². The van der Waals surface area contributed by atoms with Crippen LogP contribution in [0.1, 0.15) is 28.8 Å². The van der Waals surface area contributed by atoms with Crippen molar-refractivity contribution in [1.82, 2.24) is 5.32 Å². The second-order valence-corrected chi connectivity index (χ2v) is 7.25. The molecule has 2 aromatic carbocycles. The lowest BCUT2D eigenvalue weighted by Gasteiger charge is -2.38. The topological polar surface area (TPSA) is 47.6 Å². The van der Waals surface area contributed by atoms with Crippen LogP contribution in [0.15, 0.2) is 42.5 Å². The zero-order valence-corrected chi connectivity index (χ0v) is 16.1. The number of rotatable bonds is 5. The van der Waals surface area contributed by atoms with Crippen LogP contribution in [0.2, 0.25) is 10.0 Å². The molecular weight excluding hydrogens is 373 g/mol. The lowest BCUT2D eigenvalue weighted by Crippen LogP contribution is -2.44. The van der Waals surface area contributed by atoms with Crippen LogP contribution in [0.5, 0.6) is 5.75 Å². The molecule has 1 fully saturated rings. The van der Waals surface area contributed by atoms with E-state index in [1.54, 1.807) is 25.3 Å². The third-order valence-corrected chi connectivity index (χ3v) is 5.66. The van der Waals surface area contributed by atoms with Crippen molar-refractivity contribution in [3.63, 3.8) is 0 Å². The third-order valence-electron chi connectivity index (χ3n) is 4.92. The maximum absolute atomic E-state index is 12.6. The van der Waals surface area contributed by atoms with Gasteiger partial charge in [0, 0.05) is 30.7 Å². The number of amides is 1. The van der Waals surface area contributed by atoms with E-state index in [1.165, 1.54) is 5.56 Å². The smallest absolute Gasteiger partial charge is 0.251 e. The molecule has 1 heterocycles. The molecule has 1 amide bonds. The van der Waals surface area contributed by atoms with Crippen LogP contribution >= 0.6 is 23.2 Å². The number of carbonyl (C=O) groups excluding carboxylic acids is 1. The number of halogens is 2. The van der Waals surface area contributed by atoms with Crippen molar-refractivity contribution in [2.45, 2.75) is 18.3 Å². The molecule has 0 radical (unpaired) electrons. The molecule has 0 atom stereocenters. The fourth-order valence-electron chi connectivity index (χ4n) is 3.26. The molecule has 0 aromatic heterocycles. The Hall–Kier alpha value is -1.75. The Bertz CT molecular complexity index is 771. The van der Waals surface area contributed by atoms with Crippen molar-refractivity contribution in [3.8, 4) is 5.75 Å². The van der Waals surface area contributed by atoms with Gasteiger partial charge in [-0.05, 0) is 48.7 Å². The van der Waals surface area contributed by atoms with E-state index in [4.69, 9.17) is 32.7 Å². The highest BCUT2D eigenvalue weighted by Crippen LogP contribution is 2.35. The minimum absolute atomic E-state index is 0.156. The summed E-state index contributed by atoms with van der Waals surface area (Å²) in [4.78, 5) is 12.6. The molecule has 0 saturated carbocycles. The Morgan fingerprint density at radius 2 is 1.81 bits per heavy atom. The summed E-state index contributed by atoms with van der Waals surface area (Å²) in [6.07, 6.45) is 1.70. The second kappa shape index (κ2) is 8.30. The Morgan fingerprint density at radius 1 is 1.12 bits per heavy atom. The molecule has 1 saturated heterocycles. The van der Waals surface area contributed by atoms with Gasteiger partial charge in [0.2, 0.25) is 0 Å². The summed E-state index contributed by atoms with van der Waals surface area (Å²) >= 11 is 11.9. The molecular formula is C20H21Cl2NO3. The minimum Gasteiger partial charge on any atom is -0.497 e. The van der Waals surface area contributed by atoms with Crippen molar-refractivity contribution in [2.75, 3.05) is 26.9 Å². The standard InChI is InChI=1S/C20H21Cl2NO3/c1-25-16-5-3-15(4-6-16)20(8-10-26-11-9-20)13-23-19(24)14-2-7-17(21)18(22)12-14/h2-7,12H,8-11,13H2,1H3,(H,23,24). The van der Waals surface area contributed by atoms with Crippen molar-refractivity contribution in [2.24, 2.45) is 0 Å². The van der Waals surface area contributed by atoms with E-state index in [0.29, 0.717) is 35.4 Å². The van der Waals surface area contributed by atoms with Gasteiger partial charge in [0.1, 0.15) is 5.75 Å². The van der Waals surface area contributed by atoms with E-state index in [0.717, 1.165) is 18.6 Å². The normalized spacial score (nSPS) is 16.1. The van der Waals surface area contributed by atoms with E-state index in [2.05, 4.69) is 17.4 Å². The Balaban J connectivity index is 1.77. The van der Waals surface area contributed by atoms with E-state index in [9.17, 15) is 4.79 Å². The molecule has 1 N–H and O–H groups in total. The number of methoxy groups -OCH3 is 1. The van der Waals surface area contributed by atoms with Crippen LogP contribution in [0.25, 0.3) is 0 Å². The number of hydrogen-bond donors (Lipinski definition) is 1. The first-order chi connectivity index (χ1) is 12.5. The molecule has 0 unspecified atom stereocenters. The predicted octanol–water partition coefficient (Wildman–Crippen LogP) is 4.48. The summed E-state index contributed by atoms with van der Waals surface area (Å²) in [6, 6.07) is 12.9. The van der Waals surface area contributed by atoms with Gasteiger partial charge in [-0.25, -0.2) is 0 Å². The second-order valence-electron chi connectivity index (χ2n) is 6.43. The van der Waals surface area contributed by atoms with Crippen molar-refractivity contribution in [1.29, 1.82) is 0 Å². The highest BCUT2D eigenvalue weighted by molar-refractivity contribution is 6.42. The summed E-state index contributed by atoms with van der Waals surface area (Å²) in [7, 11) is 1.65. The number of carbonyl (C=O) groups is 1. The molecule has 1 aliphatic heterocycles. The van der Waals surface area contributed by atoms with Gasteiger partial charge < -0.3 is 14.8 Å². The summed E-state index contributed by atoms with van der Waals surface area (Å²) in [5.41, 5.74) is 1.52. The molecule has 0 spiro atoms. The molecule has 138 valence electrons. The average molecular weight is 394 g/mol. The van der Waals surface area contributed by atoms with Crippen molar-refractivity contribution < 1.29 is 14.3 Å². The largest absolute Gasteiger partial charge is 0.497 e. The molecule has 1 aliphatic rings. The molecule has 2 aromatic rings. The van der Waals surface area contributed by atoms with Crippen LogP contribution < -0.4 is 10.1 Å². The highest BCUT2D eigenvalue weighted by Gasteiger charge is 2.35. The maximum atomic E-state index is 12.6. The van der Waals surface area contributed by atoms with E-state index in [1.807, 2.05) is 12.1 Å². The van der Waals surface area contributed by atoms with Gasteiger partial charge in [-0.15, -0.1) is 0 Å². The Labute approximate surface area is 163 Å². The van der Waals surface area contributed by atoms with Gasteiger partial charge in [0.05, 0.1) is 17.2 Å². The van der Waals surface area contributed by atoms with Gasteiger partial charge in [-0.2, -0.15) is 0 Å². The molecule has 3 rings (SSSR count). The van der Waals surface area contributed by atoms with Crippen LogP contribution in [0, 0.1) is 0 Å². The Kier molecular flexibility index (Phi) is 6.07. The fraction of sp³-hybridized carbons (Fsp3) is 0.350. The van der Waals surface area contributed by atoms with Gasteiger partial charge in [0.25, 0.3) is 5.91 Å². The van der Waals surface area contributed by atoms with Gasteiger partial charge >= 0.3 is 0 Å². The summed E-state index contributed by atoms with van der Waals surface area (Å²) in [6.45, 7) is 1.88. The lowest BCUT2D eigenvalue weighted by molar-refractivity contribution is 0.0487. The monoisotopic (exact) mass is 393 g/mol. The predicted molar refractivity (Wildman–Crippen MR) is 104 cm³/mol. The zero-order valence-electron chi connectivity index (χ0n) is 14.6. The van der Waals surface area contributed by atoms with Crippen LogP contribution in [-0.4, -0.2) is 32.8 Å². The number of benzene rings is 2. The van der Waals surface area contributed by atoms with Gasteiger partial charge in [0.15, 0.2) is 0 Å². The van der Waals surface area contributed by atoms with Crippen LogP contribution in [0.3, 0.4) is 0 Å². The van der Waals surface area contributed by atoms with E-state index < -0.39 is 0 Å². The molecule has 0 aliphatic carbocycles. The quantitative estimate of drug-likeness (QED) is 0.814. The first-order valence-corrected chi connectivity index (χ1v) is 9.25. The van der Waals surface area contributed by atoms with Gasteiger partial charge in [-0.1, -0.05) is 35.3 Å². The first kappa shape index (κ1) is 19.0. The molecule has 6 heteroatoms. The van der Waals surface area contributed by atoms with E-state index >= 15 is 0 Å². The van der Waals surface area contributed by atoms with Gasteiger partial charge in [-0.3, -0.25) is 4.79 Å². The molecule has 0 bridgehead atoms. The fourth-order valence-corrected chi connectivity index (χ4v) is 3.56. The average Bonchev–Trinajstić information content (AvgIpc) is 2.69. The van der Waals surface area contributed by atoms with Crippen molar-refractivity contribution >= 4 is 29.1 Å². The van der Waals surface area contributed by atoms with Crippen LogP contribution in [0.4, 0.5) is 0 Å². The lowest BCUT2D eigenvalue weighted by atomic mass is 9.74. The number of nitrogens with one attached hydrogen (secondary N) is 1. The highest BCUT2D eigenvalue weighted by atomic mass is 35.5. The Morgan fingerprint density at radius 3 is 2.42 bits per heavy atom. The maximum Gasteiger partial charge on any atom is 0.251 e. The first-order valence-electron chi connectivity index (χ1n) is 8.50. The van der Waals surface area contributed by atoms with Crippen molar-refractivity contribution in [3.05, 3.63) is 63.6 Å². The molecule has 26 heavy (non-hydrogen) atoms.